The number of nitrogens with one attached hydrogen (secondary N) is 1. The molecule has 2 rings (SSSR count). The highest BCUT2D eigenvalue weighted by atomic mass is 16.3. The molecule has 0 aromatic heterocycles. The van der Waals surface area contributed by atoms with E-state index in [1.807, 2.05) is 49.1 Å². The van der Waals surface area contributed by atoms with Gasteiger partial charge >= 0.3 is 0 Å². The number of benzene rings is 2. The van der Waals surface area contributed by atoms with Gasteiger partial charge in [0, 0.05) is 12.2 Å². The summed E-state index contributed by atoms with van der Waals surface area (Å²) in [4.78, 5) is 14.5. The van der Waals surface area contributed by atoms with E-state index in [9.17, 15) is 9.90 Å². The maximum absolute atomic E-state index is 12.6. The van der Waals surface area contributed by atoms with E-state index >= 15 is 0 Å². The Balaban J connectivity index is 2.05. The second-order valence-corrected chi connectivity index (χ2v) is 6.91. The van der Waals surface area contributed by atoms with Crippen molar-refractivity contribution in [1.29, 1.82) is 0 Å². The Bertz CT molecular complexity index is 715. The molecule has 1 amide bonds. The summed E-state index contributed by atoms with van der Waals surface area (Å²) in [6.45, 7) is 8.75. The molecule has 140 valence electrons. The average Bonchev–Trinajstić information content (AvgIpc) is 2.63. The molecule has 2 aromatic rings. The maximum Gasteiger partial charge on any atom is 0.239 e. The largest absolute Gasteiger partial charge is 0.391 e. The number of aryl methyl sites for hydroxylation is 2. The molecule has 0 aliphatic carbocycles. The SMILES string of the molecule is CCC(O)CN(CC(=O)NC(C)c1ccc(C)c(C)c1)c1ccccc1. The van der Waals surface area contributed by atoms with Crippen molar-refractivity contribution in [3.05, 3.63) is 65.2 Å². The van der Waals surface area contributed by atoms with Crippen molar-refractivity contribution in [2.24, 2.45) is 0 Å². The summed E-state index contributed by atoms with van der Waals surface area (Å²) in [5.74, 6) is -0.0529. The van der Waals surface area contributed by atoms with Crippen LogP contribution in [0, 0.1) is 13.8 Å². The van der Waals surface area contributed by atoms with Crippen LogP contribution in [0.15, 0.2) is 48.5 Å². The van der Waals surface area contributed by atoms with Crippen molar-refractivity contribution >= 4 is 11.6 Å². The van der Waals surface area contributed by atoms with Crippen molar-refractivity contribution < 1.29 is 9.90 Å². The Morgan fingerprint density at radius 2 is 1.81 bits per heavy atom. The molecule has 4 heteroatoms. The number of nitrogens with zero attached hydrogens (tertiary/aromatic N) is 1. The summed E-state index contributed by atoms with van der Waals surface area (Å²) in [6.07, 6.45) is 0.199. The number of aliphatic hydroxyl groups is 1. The molecule has 2 unspecified atom stereocenters. The normalized spacial score (nSPS) is 13.1. The van der Waals surface area contributed by atoms with Crippen molar-refractivity contribution in [2.45, 2.75) is 46.3 Å². The smallest absolute Gasteiger partial charge is 0.239 e. The Hall–Kier alpha value is -2.33. The van der Waals surface area contributed by atoms with Crippen LogP contribution in [0.4, 0.5) is 5.69 Å². The fourth-order valence-corrected chi connectivity index (χ4v) is 2.86. The molecule has 2 atom stereocenters. The van der Waals surface area contributed by atoms with Crippen molar-refractivity contribution in [3.8, 4) is 0 Å². The lowest BCUT2D eigenvalue weighted by Crippen LogP contribution is -2.41. The first kappa shape index (κ1) is 20.0. The molecule has 0 radical (unpaired) electrons. The van der Waals surface area contributed by atoms with Crippen molar-refractivity contribution in [1.82, 2.24) is 5.32 Å². The summed E-state index contributed by atoms with van der Waals surface area (Å²) in [5.41, 5.74) is 4.51. The van der Waals surface area contributed by atoms with E-state index in [0.29, 0.717) is 13.0 Å². The minimum atomic E-state index is -0.458. The molecular weight excluding hydrogens is 324 g/mol. The zero-order chi connectivity index (χ0) is 19.1. The fourth-order valence-electron chi connectivity index (χ4n) is 2.86. The van der Waals surface area contributed by atoms with E-state index in [-0.39, 0.29) is 18.5 Å². The Morgan fingerprint density at radius 1 is 1.12 bits per heavy atom. The lowest BCUT2D eigenvalue weighted by atomic mass is 10.0. The van der Waals surface area contributed by atoms with Gasteiger partial charge in [-0.2, -0.15) is 0 Å². The predicted octanol–water partition coefficient (Wildman–Crippen LogP) is 3.76. The summed E-state index contributed by atoms with van der Waals surface area (Å²) in [5, 5.41) is 13.1. The van der Waals surface area contributed by atoms with Crippen LogP contribution in [0.5, 0.6) is 0 Å². The van der Waals surface area contributed by atoms with Gasteiger partial charge in [-0.05, 0) is 56.0 Å². The van der Waals surface area contributed by atoms with Gasteiger partial charge in [0.15, 0.2) is 0 Å². The highest BCUT2D eigenvalue weighted by molar-refractivity contribution is 5.81. The topological polar surface area (TPSA) is 52.6 Å². The molecule has 2 N–H and O–H groups in total. The van der Waals surface area contributed by atoms with Crippen LogP contribution in [0.3, 0.4) is 0 Å². The third-order valence-electron chi connectivity index (χ3n) is 4.77. The summed E-state index contributed by atoms with van der Waals surface area (Å²) in [6, 6.07) is 16.0. The first-order chi connectivity index (χ1) is 12.4. The number of carbonyl (C=O) groups is 1. The fraction of sp³-hybridized carbons (Fsp3) is 0.409. The maximum atomic E-state index is 12.6. The first-order valence-electron chi connectivity index (χ1n) is 9.25. The number of amides is 1. The van der Waals surface area contributed by atoms with Crippen LogP contribution in [0.2, 0.25) is 0 Å². The van der Waals surface area contributed by atoms with Gasteiger partial charge in [0.2, 0.25) is 5.91 Å². The van der Waals surface area contributed by atoms with E-state index in [1.165, 1.54) is 11.1 Å². The van der Waals surface area contributed by atoms with Gasteiger partial charge in [-0.3, -0.25) is 4.79 Å². The van der Waals surface area contributed by atoms with Gasteiger partial charge in [0.25, 0.3) is 0 Å². The number of aliphatic hydroxyl groups excluding tert-OH is 1. The van der Waals surface area contributed by atoms with E-state index < -0.39 is 6.10 Å². The van der Waals surface area contributed by atoms with Crippen LogP contribution >= 0.6 is 0 Å². The van der Waals surface area contributed by atoms with Gasteiger partial charge in [0.05, 0.1) is 18.7 Å². The molecule has 0 saturated heterocycles. The van der Waals surface area contributed by atoms with E-state index in [2.05, 4.69) is 37.4 Å². The molecular formula is C22H30N2O2. The number of para-hydroxylation sites is 1. The van der Waals surface area contributed by atoms with Gasteiger partial charge in [-0.25, -0.2) is 0 Å². The number of hydrogen-bond donors (Lipinski definition) is 2. The van der Waals surface area contributed by atoms with Crippen molar-refractivity contribution in [3.63, 3.8) is 0 Å². The molecule has 2 aromatic carbocycles. The number of anilines is 1. The summed E-state index contributed by atoms with van der Waals surface area (Å²) >= 11 is 0. The van der Waals surface area contributed by atoms with E-state index in [4.69, 9.17) is 0 Å². The lowest BCUT2D eigenvalue weighted by molar-refractivity contribution is -0.120. The van der Waals surface area contributed by atoms with Gasteiger partial charge in [-0.15, -0.1) is 0 Å². The third kappa shape index (κ3) is 5.60. The van der Waals surface area contributed by atoms with Crippen LogP contribution in [-0.2, 0) is 4.79 Å². The highest BCUT2D eigenvalue weighted by Gasteiger charge is 2.17. The molecule has 0 bridgehead atoms. The summed E-state index contributed by atoms with van der Waals surface area (Å²) in [7, 11) is 0. The molecule has 0 heterocycles. The lowest BCUT2D eigenvalue weighted by Gasteiger charge is -2.27. The van der Waals surface area contributed by atoms with E-state index in [0.717, 1.165) is 11.3 Å². The zero-order valence-electron chi connectivity index (χ0n) is 16.2. The summed E-state index contributed by atoms with van der Waals surface area (Å²) < 4.78 is 0. The second-order valence-electron chi connectivity index (χ2n) is 6.91. The molecule has 0 saturated carbocycles. The standard InChI is InChI=1S/C22H30N2O2/c1-5-21(25)14-24(20-9-7-6-8-10-20)15-22(26)23-18(4)19-12-11-16(2)17(3)13-19/h6-13,18,21,25H,5,14-15H2,1-4H3,(H,23,26). The van der Waals surface area contributed by atoms with Crippen molar-refractivity contribution in [2.75, 3.05) is 18.0 Å². The Morgan fingerprint density at radius 3 is 2.42 bits per heavy atom. The predicted molar refractivity (Wildman–Crippen MR) is 107 cm³/mol. The minimum Gasteiger partial charge on any atom is -0.391 e. The Labute approximate surface area is 156 Å². The molecule has 0 aliphatic heterocycles. The van der Waals surface area contributed by atoms with Gasteiger partial charge in [0.1, 0.15) is 0 Å². The number of rotatable bonds is 8. The van der Waals surface area contributed by atoms with E-state index in [1.54, 1.807) is 0 Å². The molecule has 0 fully saturated rings. The number of hydrogen-bond acceptors (Lipinski definition) is 3. The molecule has 0 spiro atoms. The zero-order valence-corrected chi connectivity index (χ0v) is 16.2. The van der Waals surface area contributed by atoms with Crippen LogP contribution < -0.4 is 10.2 Å². The highest BCUT2D eigenvalue weighted by Crippen LogP contribution is 2.18. The molecule has 26 heavy (non-hydrogen) atoms. The second kappa shape index (κ2) is 9.39. The molecule has 4 nitrogen and oxygen atoms in total. The van der Waals surface area contributed by atoms with Gasteiger partial charge < -0.3 is 15.3 Å². The minimum absolute atomic E-state index is 0.0529. The number of carbonyl (C=O) groups excluding carboxylic acids is 1. The third-order valence-corrected chi connectivity index (χ3v) is 4.77. The Kier molecular flexibility index (Phi) is 7.22. The average molecular weight is 354 g/mol. The van der Waals surface area contributed by atoms with Crippen LogP contribution in [-0.4, -0.2) is 30.2 Å². The first-order valence-corrected chi connectivity index (χ1v) is 9.25. The van der Waals surface area contributed by atoms with Gasteiger partial charge in [-0.1, -0.05) is 43.3 Å². The monoisotopic (exact) mass is 354 g/mol. The van der Waals surface area contributed by atoms with Crippen LogP contribution in [0.1, 0.15) is 43.0 Å². The quantitative estimate of drug-likeness (QED) is 0.759. The molecule has 0 aliphatic rings. The van der Waals surface area contributed by atoms with Crippen LogP contribution in [0.25, 0.3) is 0 Å².